The molecule has 1 aliphatic rings. The van der Waals surface area contributed by atoms with Crippen LogP contribution in [0.5, 0.6) is 0 Å². The van der Waals surface area contributed by atoms with E-state index in [-0.39, 0.29) is 17.4 Å². The van der Waals surface area contributed by atoms with Crippen molar-refractivity contribution in [1.82, 2.24) is 0 Å². The third-order valence-corrected chi connectivity index (χ3v) is 5.56. The van der Waals surface area contributed by atoms with Crippen molar-refractivity contribution in [3.05, 3.63) is 89.0 Å². The summed E-state index contributed by atoms with van der Waals surface area (Å²) in [6, 6.07) is 19.3. The molecular weight excluding hydrogens is 384 g/mol. The molecule has 0 aromatic heterocycles. The van der Waals surface area contributed by atoms with Gasteiger partial charge in [0.05, 0.1) is 16.8 Å². The quantitative estimate of drug-likeness (QED) is 0.504. The number of carbonyl (C=O) groups is 3. The molecule has 144 valence electrons. The molecule has 0 atom stereocenters. The lowest BCUT2D eigenvalue weighted by Gasteiger charge is -2.16. The van der Waals surface area contributed by atoms with Gasteiger partial charge in [0, 0.05) is 16.1 Å². The summed E-state index contributed by atoms with van der Waals surface area (Å²) in [5.41, 5.74) is 2.92. The van der Waals surface area contributed by atoms with Crippen LogP contribution in [0, 0.1) is 6.92 Å². The van der Waals surface area contributed by atoms with Gasteiger partial charge in [0.25, 0.3) is 17.7 Å². The summed E-state index contributed by atoms with van der Waals surface area (Å²) in [5.74, 6) is -1.13. The summed E-state index contributed by atoms with van der Waals surface area (Å²) in [6.07, 6.45) is 1.96. The molecule has 1 N–H and O–H groups in total. The Labute approximate surface area is 172 Å². The van der Waals surface area contributed by atoms with Crippen LogP contribution in [0.4, 0.5) is 11.4 Å². The molecule has 0 spiro atoms. The number of nitrogens with zero attached hydrogens (tertiary/aromatic N) is 1. The number of aryl methyl sites for hydroxylation is 1. The van der Waals surface area contributed by atoms with Crippen molar-refractivity contribution >= 4 is 40.9 Å². The smallest absolute Gasteiger partial charge is 0.266 e. The van der Waals surface area contributed by atoms with Crippen LogP contribution >= 0.6 is 11.8 Å². The van der Waals surface area contributed by atoms with Crippen molar-refractivity contribution in [3.8, 4) is 0 Å². The second-order valence-corrected chi connectivity index (χ2v) is 7.56. The summed E-state index contributed by atoms with van der Waals surface area (Å²) in [7, 11) is 0. The van der Waals surface area contributed by atoms with E-state index in [4.69, 9.17) is 0 Å². The largest absolute Gasteiger partial charge is 0.322 e. The minimum atomic E-state index is -0.418. The number of rotatable bonds is 4. The zero-order valence-corrected chi connectivity index (χ0v) is 16.7. The van der Waals surface area contributed by atoms with Gasteiger partial charge in [-0.05, 0) is 61.2 Å². The molecule has 0 radical (unpaired) electrons. The normalized spacial score (nSPS) is 12.8. The number of fused-ring (bicyclic) bond motifs is 1. The number of hydrogen-bond acceptors (Lipinski definition) is 4. The van der Waals surface area contributed by atoms with Crippen molar-refractivity contribution < 1.29 is 14.4 Å². The van der Waals surface area contributed by atoms with E-state index >= 15 is 0 Å². The number of nitrogens with one attached hydrogen (secondary N) is 1. The fourth-order valence-electron chi connectivity index (χ4n) is 3.32. The number of para-hydroxylation sites is 1. The van der Waals surface area contributed by atoms with E-state index in [0.29, 0.717) is 22.5 Å². The van der Waals surface area contributed by atoms with Gasteiger partial charge >= 0.3 is 0 Å². The number of benzene rings is 3. The molecule has 0 saturated carbocycles. The van der Waals surface area contributed by atoms with Crippen LogP contribution in [0.3, 0.4) is 0 Å². The first-order valence-corrected chi connectivity index (χ1v) is 10.3. The summed E-state index contributed by atoms with van der Waals surface area (Å²) in [5, 5.41) is 2.84. The number of anilines is 2. The average molecular weight is 402 g/mol. The van der Waals surface area contributed by atoms with E-state index in [1.54, 1.807) is 42.1 Å². The lowest BCUT2D eigenvalue weighted by Crippen LogP contribution is -2.29. The molecule has 3 aromatic rings. The average Bonchev–Trinajstić information content (AvgIpc) is 2.98. The lowest BCUT2D eigenvalue weighted by atomic mass is 10.1. The van der Waals surface area contributed by atoms with E-state index in [1.807, 2.05) is 43.5 Å². The standard InChI is InChI=1S/C23H18N2O3S/c1-14-6-3-4-9-20(14)25-22(27)18-11-10-15(12-19(18)23(25)28)21(26)24-16-7-5-8-17(13-16)29-2/h3-13H,1-2H3,(H,24,26). The number of imide groups is 1. The third kappa shape index (κ3) is 3.43. The molecule has 0 aliphatic carbocycles. The molecule has 3 amide bonds. The second kappa shape index (κ2) is 7.56. The van der Waals surface area contributed by atoms with Gasteiger partial charge in [-0.1, -0.05) is 24.3 Å². The maximum Gasteiger partial charge on any atom is 0.266 e. The molecule has 0 fully saturated rings. The van der Waals surface area contributed by atoms with Crippen LogP contribution in [-0.2, 0) is 0 Å². The first kappa shape index (κ1) is 19.0. The summed E-state index contributed by atoms with van der Waals surface area (Å²) in [4.78, 5) is 40.6. The van der Waals surface area contributed by atoms with Crippen molar-refractivity contribution in [2.75, 3.05) is 16.5 Å². The van der Waals surface area contributed by atoms with E-state index in [0.717, 1.165) is 10.5 Å². The van der Waals surface area contributed by atoms with Crippen LogP contribution in [0.25, 0.3) is 0 Å². The van der Waals surface area contributed by atoms with Crippen LogP contribution < -0.4 is 10.2 Å². The molecule has 0 bridgehead atoms. The Balaban J connectivity index is 1.63. The Bertz CT molecular complexity index is 1160. The number of hydrogen-bond donors (Lipinski definition) is 1. The monoisotopic (exact) mass is 402 g/mol. The van der Waals surface area contributed by atoms with E-state index in [9.17, 15) is 14.4 Å². The van der Waals surface area contributed by atoms with Crippen molar-refractivity contribution in [2.24, 2.45) is 0 Å². The van der Waals surface area contributed by atoms with Gasteiger partial charge in [0.1, 0.15) is 0 Å². The third-order valence-electron chi connectivity index (χ3n) is 4.83. The van der Waals surface area contributed by atoms with E-state index < -0.39 is 5.91 Å². The van der Waals surface area contributed by atoms with Gasteiger partial charge in [-0.3, -0.25) is 14.4 Å². The van der Waals surface area contributed by atoms with Gasteiger partial charge in [0.15, 0.2) is 0 Å². The van der Waals surface area contributed by atoms with Crippen molar-refractivity contribution in [3.63, 3.8) is 0 Å². The first-order chi connectivity index (χ1) is 14.0. The highest BCUT2D eigenvalue weighted by Crippen LogP contribution is 2.31. The molecule has 1 aliphatic heterocycles. The molecule has 0 saturated heterocycles. The number of carbonyl (C=O) groups excluding carboxylic acids is 3. The highest BCUT2D eigenvalue weighted by Gasteiger charge is 2.37. The predicted octanol–water partition coefficient (Wildman–Crippen LogP) is 4.77. The molecule has 3 aromatic carbocycles. The fraction of sp³-hybridized carbons (Fsp3) is 0.0870. The van der Waals surface area contributed by atoms with Gasteiger partial charge in [-0.25, -0.2) is 4.90 Å². The minimum Gasteiger partial charge on any atom is -0.322 e. The topological polar surface area (TPSA) is 66.5 Å². The Morgan fingerprint density at radius 1 is 0.897 bits per heavy atom. The predicted molar refractivity (Wildman–Crippen MR) is 115 cm³/mol. The molecule has 29 heavy (non-hydrogen) atoms. The Morgan fingerprint density at radius 3 is 2.41 bits per heavy atom. The number of amides is 3. The maximum absolute atomic E-state index is 12.9. The van der Waals surface area contributed by atoms with Crippen molar-refractivity contribution in [1.29, 1.82) is 0 Å². The van der Waals surface area contributed by atoms with Crippen LogP contribution in [0.15, 0.2) is 71.6 Å². The minimum absolute atomic E-state index is 0.240. The number of thioether (sulfide) groups is 1. The summed E-state index contributed by atoms with van der Waals surface area (Å²) < 4.78 is 0. The SMILES string of the molecule is CSc1cccc(NC(=O)c2ccc3c(c2)C(=O)N(c2ccccc2C)C3=O)c1. The van der Waals surface area contributed by atoms with E-state index in [2.05, 4.69) is 5.32 Å². The maximum atomic E-state index is 12.9. The zero-order chi connectivity index (χ0) is 20.5. The molecule has 6 heteroatoms. The molecule has 0 unspecified atom stereocenters. The van der Waals surface area contributed by atoms with Gasteiger partial charge in [-0.15, -0.1) is 11.8 Å². The van der Waals surface area contributed by atoms with Crippen LogP contribution in [0.1, 0.15) is 36.6 Å². The molecule has 4 rings (SSSR count). The van der Waals surface area contributed by atoms with Crippen molar-refractivity contribution in [2.45, 2.75) is 11.8 Å². The van der Waals surface area contributed by atoms with Gasteiger partial charge in [0.2, 0.25) is 0 Å². The lowest BCUT2D eigenvalue weighted by molar-refractivity contribution is 0.0925. The Kier molecular flexibility index (Phi) is 4.94. The van der Waals surface area contributed by atoms with E-state index in [1.165, 1.54) is 11.0 Å². The Hall–Kier alpha value is -3.38. The second-order valence-electron chi connectivity index (χ2n) is 6.68. The Morgan fingerprint density at radius 2 is 1.66 bits per heavy atom. The van der Waals surface area contributed by atoms with Crippen LogP contribution in [-0.4, -0.2) is 24.0 Å². The summed E-state index contributed by atoms with van der Waals surface area (Å²) in [6.45, 7) is 1.85. The molecule has 5 nitrogen and oxygen atoms in total. The summed E-state index contributed by atoms with van der Waals surface area (Å²) >= 11 is 1.58. The van der Waals surface area contributed by atoms with Gasteiger partial charge < -0.3 is 5.32 Å². The van der Waals surface area contributed by atoms with Gasteiger partial charge in [-0.2, -0.15) is 0 Å². The fourth-order valence-corrected chi connectivity index (χ4v) is 3.78. The highest BCUT2D eigenvalue weighted by atomic mass is 32.2. The highest BCUT2D eigenvalue weighted by molar-refractivity contribution is 7.98. The first-order valence-electron chi connectivity index (χ1n) is 9.03. The molecule has 1 heterocycles. The zero-order valence-electron chi connectivity index (χ0n) is 15.9. The molecular formula is C23H18N2O3S. The van der Waals surface area contributed by atoms with Crippen LogP contribution in [0.2, 0.25) is 0 Å².